The monoisotopic (exact) mass is 415 g/mol. The van der Waals surface area contributed by atoms with Gasteiger partial charge in [-0.15, -0.1) is 0 Å². The Bertz CT molecular complexity index is 909. The molecule has 2 aliphatic rings. The van der Waals surface area contributed by atoms with E-state index in [0.717, 1.165) is 31.2 Å². The van der Waals surface area contributed by atoms with E-state index in [9.17, 15) is 9.59 Å². The van der Waals surface area contributed by atoms with Crippen molar-refractivity contribution in [2.75, 3.05) is 13.2 Å². The lowest BCUT2D eigenvalue weighted by Crippen LogP contribution is -2.65. The van der Waals surface area contributed by atoms with E-state index in [1.165, 1.54) is 6.42 Å². The highest BCUT2D eigenvalue weighted by molar-refractivity contribution is 6.02. The van der Waals surface area contributed by atoms with E-state index in [4.69, 9.17) is 9.15 Å². The van der Waals surface area contributed by atoms with Gasteiger partial charge in [-0.25, -0.2) is 0 Å². The molecule has 1 aliphatic carbocycles. The van der Waals surface area contributed by atoms with Gasteiger partial charge in [-0.05, 0) is 40.0 Å². The Labute approximate surface area is 177 Å². The van der Waals surface area contributed by atoms with Gasteiger partial charge in [-0.3, -0.25) is 9.59 Å². The topological polar surface area (TPSA) is 76.7 Å². The summed E-state index contributed by atoms with van der Waals surface area (Å²) in [5.41, 5.74) is 1.16. The third kappa shape index (κ3) is 3.87. The van der Waals surface area contributed by atoms with E-state index in [1.807, 2.05) is 31.4 Å². The number of carbonyl (C=O) groups is 2. The van der Waals surface area contributed by atoms with E-state index in [0.29, 0.717) is 37.4 Å². The molecule has 0 aromatic carbocycles. The summed E-state index contributed by atoms with van der Waals surface area (Å²) >= 11 is 0. The number of nitrogens with one attached hydrogen (secondary N) is 1. The number of aromatic nitrogens is 1. The number of ether oxygens (including phenoxy) is 1. The minimum absolute atomic E-state index is 0.0662. The summed E-state index contributed by atoms with van der Waals surface area (Å²) in [6.07, 6.45) is 8.01. The third-order valence-electron chi connectivity index (χ3n) is 6.46. The maximum absolute atomic E-state index is 13.5. The van der Waals surface area contributed by atoms with Crippen LogP contribution < -0.4 is 5.32 Å². The van der Waals surface area contributed by atoms with Gasteiger partial charge >= 0.3 is 0 Å². The van der Waals surface area contributed by atoms with Crippen molar-refractivity contribution in [1.29, 1.82) is 0 Å². The van der Waals surface area contributed by atoms with E-state index < -0.39 is 5.54 Å². The fourth-order valence-electron chi connectivity index (χ4n) is 4.75. The lowest BCUT2D eigenvalue weighted by Gasteiger charge is -2.44. The van der Waals surface area contributed by atoms with E-state index in [2.05, 4.69) is 5.32 Å². The van der Waals surface area contributed by atoms with Gasteiger partial charge in [0.15, 0.2) is 5.58 Å². The van der Waals surface area contributed by atoms with E-state index in [1.54, 1.807) is 17.2 Å². The lowest BCUT2D eigenvalue weighted by molar-refractivity contribution is -0.134. The molecule has 1 saturated carbocycles. The fourth-order valence-corrected chi connectivity index (χ4v) is 4.75. The highest BCUT2D eigenvalue weighted by atomic mass is 16.5. The van der Waals surface area contributed by atoms with Crippen LogP contribution in [0, 0.1) is 0 Å². The molecule has 1 fully saturated rings. The maximum Gasteiger partial charge on any atom is 0.271 e. The number of amides is 2. The van der Waals surface area contributed by atoms with Gasteiger partial charge in [-0.2, -0.15) is 0 Å². The van der Waals surface area contributed by atoms with Crippen LogP contribution in [-0.4, -0.2) is 52.1 Å². The van der Waals surface area contributed by atoms with Crippen LogP contribution in [0.3, 0.4) is 0 Å². The smallest absolute Gasteiger partial charge is 0.271 e. The van der Waals surface area contributed by atoms with Crippen molar-refractivity contribution in [2.45, 2.75) is 83.5 Å². The summed E-state index contributed by atoms with van der Waals surface area (Å²) in [5, 5.41) is 3.25. The first-order valence-corrected chi connectivity index (χ1v) is 11.2. The van der Waals surface area contributed by atoms with Crippen LogP contribution in [0.15, 0.2) is 22.8 Å². The molecule has 1 unspecified atom stereocenters. The van der Waals surface area contributed by atoms with Crippen molar-refractivity contribution in [2.24, 2.45) is 0 Å². The molecule has 1 aliphatic heterocycles. The molecule has 3 heterocycles. The number of furan rings is 1. The molecule has 0 saturated heterocycles. The quantitative estimate of drug-likeness (QED) is 0.700. The Balaban J connectivity index is 1.60. The summed E-state index contributed by atoms with van der Waals surface area (Å²) in [6, 6.07) is 3.84. The van der Waals surface area contributed by atoms with Gasteiger partial charge in [0.05, 0.1) is 24.4 Å². The standard InChI is InChI=1S/C23H33N3O4/c1-16(2)29-12-7-11-26-21(27)19-14-20-18(10-13-30-20)25(19)15-23(26,3)22(28)24-17-8-5-4-6-9-17/h10,13-14,16-17H,4-9,11-12,15H2,1-3H3,(H,24,28). The molecule has 0 bridgehead atoms. The first-order chi connectivity index (χ1) is 14.4. The SMILES string of the molecule is CC(C)OCCCN1C(=O)c2cc3occc3n2CC1(C)C(=O)NC1CCCCC1. The van der Waals surface area contributed by atoms with Gasteiger partial charge in [0.25, 0.3) is 5.91 Å². The number of nitrogens with zero attached hydrogens (tertiary/aromatic N) is 2. The van der Waals surface area contributed by atoms with Crippen LogP contribution in [-0.2, 0) is 16.1 Å². The Kier molecular flexibility index (Phi) is 5.91. The zero-order valence-electron chi connectivity index (χ0n) is 18.3. The predicted octanol–water partition coefficient (Wildman–Crippen LogP) is 3.71. The average Bonchev–Trinajstić information content (AvgIpc) is 3.30. The van der Waals surface area contributed by atoms with Crippen molar-refractivity contribution in [1.82, 2.24) is 14.8 Å². The molecule has 2 aromatic rings. The Hall–Kier alpha value is -2.28. The van der Waals surface area contributed by atoms with Crippen molar-refractivity contribution in [3.8, 4) is 0 Å². The largest absolute Gasteiger partial charge is 0.463 e. The molecule has 0 radical (unpaired) electrons. The maximum atomic E-state index is 13.5. The molecule has 0 spiro atoms. The van der Waals surface area contributed by atoms with Gasteiger partial charge < -0.3 is 23.9 Å². The summed E-state index contributed by atoms with van der Waals surface area (Å²) < 4.78 is 13.1. The van der Waals surface area contributed by atoms with Crippen molar-refractivity contribution in [3.05, 3.63) is 24.1 Å². The van der Waals surface area contributed by atoms with Crippen LogP contribution >= 0.6 is 0 Å². The zero-order valence-corrected chi connectivity index (χ0v) is 18.3. The molecule has 7 nitrogen and oxygen atoms in total. The molecular formula is C23H33N3O4. The summed E-state index contributed by atoms with van der Waals surface area (Å²) in [6.45, 7) is 7.34. The molecule has 2 aromatic heterocycles. The molecule has 4 rings (SSSR count). The Morgan fingerprint density at radius 2 is 2.10 bits per heavy atom. The van der Waals surface area contributed by atoms with Gasteiger partial charge in [-0.1, -0.05) is 19.3 Å². The molecule has 2 amide bonds. The number of hydrogen-bond donors (Lipinski definition) is 1. The Morgan fingerprint density at radius 3 is 2.83 bits per heavy atom. The zero-order chi connectivity index (χ0) is 21.3. The van der Waals surface area contributed by atoms with E-state index in [-0.39, 0.29) is 24.0 Å². The van der Waals surface area contributed by atoms with E-state index >= 15 is 0 Å². The van der Waals surface area contributed by atoms with Crippen LogP contribution in [0.1, 0.15) is 69.8 Å². The minimum Gasteiger partial charge on any atom is -0.463 e. The first kappa shape index (κ1) is 21.0. The highest BCUT2D eigenvalue weighted by Crippen LogP contribution is 2.33. The second-order valence-electron chi connectivity index (χ2n) is 9.10. The Morgan fingerprint density at radius 1 is 1.33 bits per heavy atom. The molecule has 7 heteroatoms. The number of carbonyl (C=O) groups excluding carboxylic acids is 2. The van der Waals surface area contributed by atoms with Gasteiger partial charge in [0, 0.05) is 31.3 Å². The van der Waals surface area contributed by atoms with Crippen molar-refractivity contribution in [3.63, 3.8) is 0 Å². The average molecular weight is 416 g/mol. The van der Waals surface area contributed by atoms with Crippen molar-refractivity contribution >= 4 is 22.9 Å². The number of rotatable bonds is 7. The molecule has 1 N–H and O–H groups in total. The van der Waals surface area contributed by atoms with Crippen molar-refractivity contribution < 1.29 is 18.7 Å². The van der Waals surface area contributed by atoms with Crippen LogP contribution in [0.4, 0.5) is 0 Å². The predicted molar refractivity (Wildman–Crippen MR) is 114 cm³/mol. The molecular weight excluding hydrogens is 382 g/mol. The minimum atomic E-state index is -0.956. The van der Waals surface area contributed by atoms with Crippen LogP contribution in [0.2, 0.25) is 0 Å². The van der Waals surface area contributed by atoms with Gasteiger partial charge in [0.1, 0.15) is 11.2 Å². The molecule has 1 atom stereocenters. The highest BCUT2D eigenvalue weighted by Gasteiger charge is 2.48. The number of fused-ring (bicyclic) bond motifs is 3. The molecule has 30 heavy (non-hydrogen) atoms. The van der Waals surface area contributed by atoms with Crippen LogP contribution in [0.25, 0.3) is 11.1 Å². The fraction of sp³-hybridized carbons (Fsp3) is 0.652. The number of hydrogen-bond acceptors (Lipinski definition) is 4. The summed E-state index contributed by atoms with van der Waals surface area (Å²) in [7, 11) is 0. The third-order valence-corrected chi connectivity index (χ3v) is 6.46. The second-order valence-corrected chi connectivity index (χ2v) is 9.10. The lowest BCUT2D eigenvalue weighted by atomic mass is 9.91. The van der Waals surface area contributed by atoms with Crippen LogP contribution in [0.5, 0.6) is 0 Å². The summed E-state index contributed by atoms with van der Waals surface area (Å²) in [4.78, 5) is 28.7. The molecule has 164 valence electrons. The first-order valence-electron chi connectivity index (χ1n) is 11.2. The normalized spacial score (nSPS) is 22.7. The van der Waals surface area contributed by atoms with Gasteiger partial charge in [0.2, 0.25) is 5.91 Å². The summed E-state index contributed by atoms with van der Waals surface area (Å²) in [5.74, 6) is -0.193. The second kappa shape index (κ2) is 8.46.